The molecule has 2 aliphatic heterocycles. The number of fused-ring (bicyclic) bond motifs is 1. The van der Waals surface area contributed by atoms with Crippen LogP contribution < -0.4 is 0 Å². The van der Waals surface area contributed by atoms with E-state index in [1.165, 1.54) is 23.1 Å². The van der Waals surface area contributed by atoms with Crippen LogP contribution in [-0.2, 0) is 0 Å². The molecular formula is C14H14N2O4. The van der Waals surface area contributed by atoms with Crippen LogP contribution in [0.3, 0.4) is 0 Å². The van der Waals surface area contributed by atoms with Gasteiger partial charge in [0.25, 0.3) is 11.8 Å². The Hall–Kier alpha value is -2.21. The molecule has 20 heavy (non-hydrogen) atoms. The molecule has 1 aromatic carbocycles. The zero-order valence-electron chi connectivity index (χ0n) is 11.0. The Morgan fingerprint density at radius 2 is 1.95 bits per heavy atom. The van der Waals surface area contributed by atoms with Gasteiger partial charge in [0.1, 0.15) is 0 Å². The number of aromatic carboxylic acids is 1. The van der Waals surface area contributed by atoms with E-state index in [-0.39, 0.29) is 29.0 Å². The largest absolute Gasteiger partial charge is 0.478 e. The number of carbonyl (C=O) groups excluding carboxylic acids is 2. The van der Waals surface area contributed by atoms with Gasteiger partial charge in [0.05, 0.1) is 22.7 Å². The van der Waals surface area contributed by atoms with E-state index in [9.17, 15) is 14.4 Å². The molecule has 0 aliphatic carbocycles. The van der Waals surface area contributed by atoms with Gasteiger partial charge in [-0.2, -0.15) is 0 Å². The fourth-order valence-corrected chi connectivity index (χ4v) is 2.85. The van der Waals surface area contributed by atoms with Crippen molar-refractivity contribution in [3.63, 3.8) is 0 Å². The molecule has 0 saturated carbocycles. The number of benzene rings is 1. The normalized spacial score (nSPS) is 22.4. The predicted octanol–water partition coefficient (Wildman–Crippen LogP) is 0.685. The molecule has 2 heterocycles. The zero-order valence-corrected chi connectivity index (χ0v) is 11.0. The van der Waals surface area contributed by atoms with Crippen LogP contribution in [0.1, 0.15) is 37.5 Å². The number of amides is 2. The van der Waals surface area contributed by atoms with Crippen LogP contribution in [0.25, 0.3) is 0 Å². The summed E-state index contributed by atoms with van der Waals surface area (Å²) in [7, 11) is 1.95. The topological polar surface area (TPSA) is 77.9 Å². The number of likely N-dealkylation sites (N-methyl/N-ethyl adjacent to an activating group) is 1. The minimum absolute atomic E-state index is 0.0234. The molecule has 0 bridgehead atoms. The maximum atomic E-state index is 12.4. The molecule has 1 unspecified atom stereocenters. The van der Waals surface area contributed by atoms with Crippen molar-refractivity contribution >= 4 is 17.8 Å². The average Bonchev–Trinajstić information content (AvgIpc) is 2.93. The molecule has 2 amide bonds. The van der Waals surface area contributed by atoms with Gasteiger partial charge in [-0.05, 0) is 38.2 Å². The number of imide groups is 1. The second-order valence-corrected chi connectivity index (χ2v) is 5.25. The molecule has 6 heteroatoms. The SMILES string of the molecule is CN1CCC(N2C(=O)c3ccc(C(=O)O)cc3C2=O)C1. The Kier molecular flexibility index (Phi) is 2.83. The van der Waals surface area contributed by atoms with Gasteiger partial charge in [0.2, 0.25) is 0 Å². The highest BCUT2D eigenvalue weighted by atomic mass is 16.4. The van der Waals surface area contributed by atoms with Crippen LogP contribution in [0.4, 0.5) is 0 Å². The number of hydrogen-bond donors (Lipinski definition) is 1. The third-order valence-electron chi connectivity index (χ3n) is 3.90. The Morgan fingerprint density at radius 1 is 1.25 bits per heavy atom. The van der Waals surface area contributed by atoms with Gasteiger partial charge in [-0.25, -0.2) is 4.79 Å². The second kappa shape index (κ2) is 4.42. The molecule has 1 saturated heterocycles. The number of carboxylic acids is 1. The number of rotatable bonds is 2. The van der Waals surface area contributed by atoms with Crippen LogP contribution >= 0.6 is 0 Å². The predicted molar refractivity (Wildman–Crippen MR) is 69.8 cm³/mol. The fourth-order valence-electron chi connectivity index (χ4n) is 2.85. The summed E-state index contributed by atoms with van der Waals surface area (Å²) in [6.45, 7) is 1.51. The third-order valence-corrected chi connectivity index (χ3v) is 3.90. The minimum Gasteiger partial charge on any atom is -0.478 e. The maximum absolute atomic E-state index is 12.4. The molecule has 6 nitrogen and oxygen atoms in total. The number of likely N-dealkylation sites (tertiary alicyclic amines) is 1. The van der Waals surface area contributed by atoms with Crippen molar-refractivity contribution < 1.29 is 19.5 Å². The Labute approximate surface area is 115 Å². The molecule has 0 spiro atoms. The van der Waals surface area contributed by atoms with Gasteiger partial charge < -0.3 is 10.0 Å². The third kappa shape index (κ3) is 1.80. The highest BCUT2D eigenvalue weighted by Crippen LogP contribution is 2.28. The summed E-state index contributed by atoms with van der Waals surface area (Å²) in [4.78, 5) is 39.0. The van der Waals surface area contributed by atoms with Crippen LogP contribution in [0.15, 0.2) is 18.2 Å². The van der Waals surface area contributed by atoms with E-state index in [0.717, 1.165) is 13.0 Å². The summed E-state index contributed by atoms with van der Waals surface area (Å²) >= 11 is 0. The maximum Gasteiger partial charge on any atom is 0.335 e. The molecule has 3 rings (SSSR count). The Bertz CT molecular complexity index is 626. The highest BCUT2D eigenvalue weighted by molar-refractivity contribution is 6.22. The summed E-state index contributed by atoms with van der Waals surface area (Å²) in [6.07, 6.45) is 0.758. The van der Waals surface area contributed by atoms with Gasteiger partial charge in [-0.3, -0.25) is 14.5 Å². The summed E-state index contributed by atoms with van der Waals surface area (Å²) in [5.74, 6) is -1.80. The molecule has 1 fully saturated rings. The molecule has 1 aromatic rings. The lowest BCUT2D eigenvalue weighted by atomic mass is 10.1. The van der Waals surface area contributed by atoms with Gasteiger partial charge in [0, 0.05) is 6.54 Å². The van der Waals surface area contributed by atoms with Crippen molar-refractivity contribution in [2.24, 2.45) is 0 Å². The van der Waals surface area contributed by atoms with E-state index in [0.29, 0.717) is 12.1 Å². The highest BCUT2D eigenvalue weighted by Gasteiger charge is 2.41. The molecule has 104 valence electrons. The zero-order chi connectivity index (χ0) is 14.4. The van der Waals surface area contributed by atoms with E-state index in [1.807, 2.05) is 7.05 Å². The van der Waals surface area contributed by atoms with Gasteiger partial charge in [0.15, 0.2) is 0 Å². The molecule has 0 aromatic heterocycles. The van der Waals surface area contributed by atoms with Crippen molar-refractivity contribution in [2.75, 3.05) is 20.1 Å². The second-order valence-electron chi connectivity index (χ2n) is 5.25. The number of carbonyl (C=O) groups is 3. The molecule has 0 radical (unpaired) electrons. The first-order chi connectivity index (χ1) is 9.49. The summed E-state index contributed by atoms with van der Waals surface area (Å²) < 4.78 is 0. The van der Waals surface area contributed by atoms with E-state index in [1.54, 1.807) is 0 Å². The van der Waals surface area contributed by atoms with Crippen molar-refractivity contribution in [3.05, 3.63) is 34.9 Å². The molecule has 2 aliphatic rings. The summed E-state index contributed by atoms with van der Waals surface area (Å²) in [5, 5.41) is 8.96. The first-order valence-electron chi connectivity index (χ1n) is 6.43. The summed E-state index contributed by atoms with van der Waals surface area (Å²) in [5.41, 5.74) is 0.522. The van der Waals surface area contributed by atoms with Crippen LogP contribution in [0, 0.1) is 0 Å². The molecular weight excluding hydrogens is 260 g/mol. The van der Waals surface area contributed by atoms with Gasteiger partial charge >= 0.3 is 5.97 Å². The van der Waals surface area contributed by atoms with E-state index >= 15 is 0 Å². The van der Waals surface area contributed by atoms with Crippen molar-refractivity contribution in [2.45, 2.75) is 12.5 Å². The first-order valence-corrected chi connectivity index (χ1v) is 6.43. The van der Waals surface area contributed by atoms with Crippen molar-refractivity contribution in [3.8, 4) is 0 Å². The molecule has 1 N–H and O–H groups in total. The van der Waals surface area contributed by atoms with Crippen LogP contribution in [0.5, 0.6) is 0 Å². The quantitative estimate of drug-likeness (QED) is 0.803. The first kappa shape index (κ1) is 12.8. The standard InChI is InChI=1S/C14H14N2O4/c1-15-5-4-9(7-15)16-12(17)10-3-2-8(14(19)20)6-11(10)13(16)18/h2-3,6,9H,4-5,7H2,1H3,(H,19,20). The lowest BCUT2D eigenvalue weighted by Crippen LogP contribution is -2.41. The fraction of sp³-hybridized carbons (Fsp3) is 0.357. The van der Waals surface area contributed by atoms with Crippen molar-refractivity contribution in [1.82, 2.24) is 9.80 Å². The Balaban J connectivity index is 1.97. The summed E-state index contributed by atoms with van der Waals surface area (Å²) in [6, 6.07) is 3.95. The number of nitrogens with zero attached hydrogens (tertiary/aromatic N) is 2. The smallest absolute Gasteiger partial charge is 0.335 e. The lowest BCUT2D eigenvalue weighted by molar-refractivity contribution is 0.0590. The van der Waals surface area contributed by atoms with Crippen LogP contribution in [0.2, 0.25) is 0 Å². The Morgan fingerprint density at radius 3 is 2.55 bits per heavy atom. The van der Waals surface area contributed by atoms with Gasteiger partial charge in [-0.1, -0.05) is 0 Å². The number of carboxylic acid groups (broad SMARTS) is 1. The monoisotopic (exact) mass is 274 g/mol. The van der Waals surface area contributed by atoms with Gasteiger partial charge in [-0.15, -0.1) is 0 Å². The van der Waals surface area contributed by atoms with E-state index in [4.69, 9.17) is 5.11 Å². The van der Waals surface area contributed by atoms with E-state index < -0.39 is 5.97 Å². The number of hydrogen-bond acceptors (Lipinski definition) is 4. The molecule has 1 atom stereocenters. The average molecular weight is 274 g/mol. The minimum atomic E-state index is -1.10. The van der Waals surface area contributed by atoms with Crippen LogP contribution in [-0.4, -0.2) is 58.9 Å². The van der Waals surface area contributed by atoms with Crippen molar-refractivity contribution in [1.29, 1.82) is 0 Å². The van der Waals surface area contributed by atoms with E-state index in [2.05, 4.69) is 4.90 Å². The lowest BCUT2D eigenvalue weighted by Gasteiger charge is -2.21.